The molecule has 1 aromatic rings. The van der Waals surface area contributed by atoms with Crippen LogP contribution in [0.2, 0.25) is 0 Å². The molecule has 1 aromatic carbocycles. The first-order valence-corrected chi connectivity index (χ1v) is 10.9. The van der Waals surface area contributed by atoms with Gasteiger partial charge in [-0.1, -0.05) is 26.0 Å². The number of carbonyl (C=O) groups excluding carboxylic acids is 3. The minimum absolute atomic E-state index is 0.0361. The molecule has 0 saturated heterocycles. The van der Waals surface area contributed by atoms with E-state index in [9.17, 15) is 24.3 Å². The summed E-state index contributed by atoms with van der Waals surface area (Å²) in [6, 6.07) is 2.15. The highest BCUT2D eigenvalue weighted by Crippen LogP contribution is 2.11. The molecule has 10 nitrogen and oxygen atoms in total. The SMILES string of the molecule is CC(C)CC(NC(=O)C(CS)NC(=O)C(N)Cc1ccc(O)cc1)C(=O)NC(C)C(=O)O. The quantitative estimate of drug-likeness (QED) is 0.208. The second-order valence-corrected chi connectivity index (χ2v) is 8.35. The van der Waals surface area contributed by atoms with Gasteiger partial charge in [-0.3, -0.25) is 19.2 Å². The van der Waals surface area contributed by atoms with Gasteiger partial charge in [-0.2, -0.15) is 12.6 Å². The van der Waals surface area contributed by atoms with Crippen LogP contribution in [0.25, 0.3) is 0 Å². The molecule has 11 heteroatoms. The lowest BCUT2D eigenvalue weighted by molar-refractivity contribution is -0.141. The lowest BCUT2D eigenvalue weighted by Crippen LogP contribution is -2.57. The lowest BCUT2D eigenvalue weighted by Gasteiger charge is -2.25. The fourth-order valence-corrected chi connectivity index (χ4v) is 3.06. The zero-order valence-electron chi connectivity index (χ0n) is 18.4. The van der Waals surface area contributed by atoms with Crippen LogP contribution in [-0.2, 0) is 25.6 Å². The van der Waals surface area contributed by atoms with Crippen molar-refractivity contribution >= 4 is 36.3 Å². The normalized spacial score (nSPS) is 14.7. The molecule has 3 amide bonds. The van der Waals surface area contributed by atoms with Gasteiger partial charge in [-0.05, 0) is 43.4 Å². The van der Waals surface area contributed by atoms with E-state index >= 15 is 0 Å². The van der Waals surface area contributed by atoms with E-state index in [1.165, 1.54) is 19.1 Å². The molecule has 0 aliphatic rings. The summed E-state index contributed by atoms with van der Waals surface area (Å²) in [5, 5.41) is 25.8. The number of benzene rings is 1. The standard InChI is InChI=1S/C21H32N4O6S/c1-11(2)8-16(19(28)23-12(3)21(30)31)24-20(29)17(10-32)25-18(27)15(22)9-13-4-6-14(26)7-5-13/h4-7,11-12,15-17,26,32H,8-10,22H2,1-3H3,(H,23,28)(H,24,29)(H,25,27)(H,30,31). The highest BCUT2D eigenvalue weighted by atomic mass is 32.1. The molecule has 32 heavy (non-hydrogen) atoms. The van der Waals surface area contributed by atoms with Crippen molar-refractivity contribution in [2.75, 3.05) is 5.75 Å². The Morgan fingerprint density at radius 2 is 1.47 bits per heavy atom. The van der Waals surface area contributed by atoms with E-state index in [2.05, 4.69) is 28.6 Å². The van der Waals surface area contributed by atoms with E-state index in [1.807, 2.05) is 13.8 Å². The van der Waals surface area contributed by atoms with Crippen molar-refractivity contribution < 1.29 is 29.4 Å². The van der Waals surface area contributed by atoms with Gasteiger partial charge in [-0.25, -0.2) is 0 Å². The highest BCUT2D eigenvalue weighted by molar-refractivity contribution is 7.80. The zero-order valence-corrected chi connectivity index (χ0v) is 19.3. The average Bonchev–Trinajstić information content (AvgIpc) is 2.72. The number of carboxylic acid groups (broad SMARTS) is 1. The summed E-state index contributed by atoms with van der Waals surface area (Å²) in [5.41, 5.74) is 6.67. The molecule has 4 atom stereocenters. The van der Waals surface area contributed by atoms with Crippen molar-refractivity contribution in [2.45, 2.75) is 57.8 Å². The largest absolute Gasteiger partial charge is 0.508 e. The van der Waals surface area contributed by atoms with Crippen LogP contribution in [0.4, 0.5) is 0 Å². The van der Waals surface area contributed by atoms with Gasteiger partial charge >= 0.3 is 5.97 Å². The van der Waals surface area contributed by atoms with Crippen LogP contribution >= 0.6 is 12.6 Å². The summed E-state index contributed by atoms with van der Waals surface area (Å²) in [6.45, 7) is 5.03. The fourth-order valence-electron chi connectivity index (χ4n) is 2.80. The molecule has 7 N–H and O–H groups in total. The minimum Gasteiger partial charge on any atom is -0.508 e. The Morgan fingerprint density at radius 3 is 1.97 bits per heavy atom. The van der Waals surface area contributed by atoms with E-state index in [-0.39, 0.29) is 30.3 Å². The van der Waals surface area contributed by atoms with Crippen LogP contribution in [-0.4, -0.2) is 63.8 Å². The van der Waals surface area contributed by atoms with Crippen molar-refractivity contribution in [3.8, 4) is 5.75 Å². The van der Waals surface area contributed by atoms with Crippen LogP contribution in [0.15, 0.2) is 24.3 Å². The van der Waals surface area contributed by atoms with Crippen LogP contribution < -0.4 is 21.7 Å². The first-order chi connectivity index (χ1) is 14.9. The van der Waals surface area contributed by atoms with Gasteiger partial charge in [0.1, 0.15) is 23.9 Å². The molecule has 1 rings (SSSR count). The third kappa shape index (κ3) is 9.15. The molecule has 0 saturated carbocycles. The van der Waals surface area contributed by atoms with Crippen LogP contribution in [0.1, 0.15) is 32.8 Å². The Balaban J connectivity index is 2.77. The number of carbonyl (C=O) groups is 4. The predicted molar refractivity (Wildman–Crippen MR) is 122 cm³/mol. The van der Waals surface area contributed by atoms with E-state index in [4.69, 9.17) is 10.8 Å². The second-order valence-electron chi connectivity index (χ2n) is 7.98. The minimum atomic E-state index is -1.20. The maximum atomic E-state index is 12.7. The lowest BCUT2D eigenvalue weighted by atomic mass is 10.0. The molecule has 0 fully saturated rings. The Labute approximate surface area is 192 Å². The Morgan fingerprint density at radius 1 is 0.938 bits per heavy atom. The van der Waals surface area contributed by atoms with Gasteiger partial charge in [0.25, 0.3) is 0 Å². The van der Waals surface area contributed by atoms with Gasteiger partial charge < -0.3 is 31.9 Å². The monoisotopic (exact) mass is 468 g/mol. The number of aromatic hydroxyl groups is 1. The number of nitrogens with one attached hydrogen (secondary N) is 3. The molecule has 0 bridgehead atoms. The molecule has 4 unspecified atom stereocenters. The molecule has 0 radical (unpaired) electrons. The topological polar surface area (TPSA) is 171 Å². The highest BCUT2D eigenvalue weighted by Gasteiger charge is 2.29. The Kier molecular flexibility index (Phi) is 11.0. The number of hydrogen-bond acceptors (Lipinski definition) is 7. The van der Waals surface area contributed by atoms with Gasteiger partial charge in [0.05, 0.1) is 6.04 Å². The predicted octanol–water partition coefficient (Wildman–Crippen LogP) is -0.203. The van der Waals surface area contributed by atoms with Crippen molar-refractivity contribution in [3.63, 3.8) is 0 Å². The number of rotatable bonds is 12. The molecule has 0 aromatic heterocycles. The first kappa shape index (κ1) is 27.2. The number of carboxylic acids is 1. The maximum Gasteiger partial charge on any atom is 0.325 e. The van der Waals surface area contributed by atoms with Crippen molar-refractivity contribution in [2.24, 2.45) is 11.7 Å². The van der Waals surface area contributed by atoms with Crippen LogP contribution in [0.3, 0.4) is 0 Å². The third-order valence-corrected chi connectivity index (χ3v) is 4.98. The van der Waals surface area contributed by atoms with E-state index < -0.39 is 47.9 Å². The summed E-state index contributed by atoms with van der Waals surface area (Å²) < 4.78 is 0. The summed E-state index contributed by atoms with van der Waals surface area (Å²) in [7, 11) is 0. The Bertz CT molecular complexity index is 802. The molecule has 0 aliphatic carbocycles. The number of thiol groups is 1. The number of hydrogen-bond donors (Lipinski definition) is 7. The molecule has 0 aliphatic heterocycles. The number of phenols is 1. The number of aliphatic carboxylic acids is 1. The van der Waals surface area contributed by atoms with Crippen LogP contribution in [0, 0.1) is 5.92 Å². The average molecular weight is 469 g/mol. The molecule has 178 valence electrons. The summed E-state index contributed by atoms with van der Waals surface area (Å²) in [6.07, 6.45) is 0.468. The second kappa shape index (κ2) is 12.9. The van der Waals surface area contributed by atoms with E-state index in [1.54, 1.807) is 12.1 Å². The Hall–Kier alpha value is -2.79. The fraction of sp³-hybridized carbons (Fsp3) is 0.524. The number of nitrogens with two attached hydrogens (primary N) is 1. The smallest absolute Gasteiger partial charge is 0.325 e. The summed E-state index contributed by atoms with van der Waals surface area (Å²) in [5.74, 6) is -2.94. The van der Waals surface area contributed by atoms with E-state index in [0.29, 0.717) is 0 Å². The number of amides is 3. The third-order valence-electron chi connectivity index (χ3n) is 4.61. The zero-order chi connectivity index (χ0) is 24.4. The van der Waals surface area contributed by atoms with Gasteiger partial charge in [-0.15, -0.1) is 0 Å². The molecule has 0 spiro atoms. The van der Waals surface area contributed by atoms with Gasteiger partial charge in [0, 0.05) is 5.75 Å². The van der Waals surface area contributed by atoms with Gasteiger partial charge in [0.15, 0.2) is 0 Å². The number of phenolic OH excluding ortho intramolecular Hbond substituents is 1. The molecular formula is C21H32N4O6S. The van der Waals surface area contributed by atoms with Crippen LogP contribution in [0.5, 0.6) is 5.75 Å². The first-order valence-electron chi connectivity index (χ1n) is 10.2. The van der Waals surface area contributed by atoms with Crippen molar-refractivity contribution in [1.29, 1.82) is 0 Å². The van der Waals surface area contributed by atoms with E-state index in [0.717, 1.165) is 5.56 Å². The summed E-state index contributed by atoms with van der Waals surface area (Å²) >= 11 is 4.11. The van der Waals surface area contributed by atoms with Gasteiger partial charge in [0.2, 0.25) is 17.7 Å². The molecule has 0 heterocycles. The maximum absolute atomic E-state index is 12.7. The molecular weight excluding hydrogens is 436 g/mol. The van der Waals surface area contributed by atoms with Crippen molar-refractivity contribution in [1.82, 2.24) is 16.0 Å². The summed E-state index contributed by atoms with van der Waals surface area (Å²) in [4.78, 5) is 48.6. The van der Waals surface area contributed by atoms with Crippen molar-refractivity contribution in [3.05, 3.63) is 29.8 Å².